The second kappa shape index (κ2) is 17.8. The zero-order valence-corrected chi connectivity index (χ0v) is 36.7. The maximum Gasteiger partial charge on any atom is 0.121 e. The Morgan fingerprint density at radius 1 is 0.623 bits per heavy atom. The summed E-state index contributed by atoms with van der Waals surface area (Å²) in [6.45, 7) is 9.07. The fourth-order valence-corrected chi connectivity index (χ4v) is 7.94. The Hall–Kier alpha value is -6.90. The van der Waals surface area contributed by atoms with Gasteiger partial charge in [0.1, 0.15) is 5.58 Å². The average Bonchev–Trinajstić information content (AvgIpc) is 3.88. The van der Waals surface area contributed by atoms with Crippen molar-refractivity contribution >= 4 is 33.0 Å². The number of furan rings is 1. The number of hydrogen-bond acceptors (Lipinski definition) is 4. The Labute approximate surface area is 370 Å². The summed E-state index contributed by atoms with van der Waals surface area (Å²) >= 11 is 0. The van der Waals surface area contributed by atoms with Crippen LogP contribution < -0.4 is 0 Å². The number of nitriles is 1. The summed E-state index contributed by atoms with van der Waals surface area (Å²) in [6.07, 6.45) is 1.79. The van der Waals surface area contributed by atoms with E-state index in [9.17, 15) is 5.26 Å². The van der Waals surface area contributed by atoms with Crippen LogP contribution in [0.15, 0.2) is 174 Å². The number of hydrogen-bond donors (Lipinski definition) is 0. The zero-order valence-electron chi connectivity index (χ0n) is 34.4. The second-order valence-corrected chi connectivity index (χ2v) is 15.5. The van der Waals surface area contributed by atoms with Gasteiger partial charge in [0.2, 0.25) is 0 Å². The molecule has 0 aliphatic heterocycles. The first-order valence-electron chi connectivity index (χ1n) is 20.3. The quantitative estimate of drug-likeness (QED) is 0.149. The minimum Gasteiger partial charge on any atom is -0.501 e. The number of rotatable bonds is 7. The van der Waals surface area contributed by atoms with Crippen molar-refractivity contribution in [1.29, 1.82) is 5.26 Å². The maximum absolute atomic E-state index is 9.58. The summed E-state index contributed by atoms with van der Waals surface area (Å²) in [6, 6.07) is 64.5. The molecule has 0 saturated carbocycles. The summed E-state index contributed by atoms with van der Waals surface area (Å²) in [5.74, 6) is 1.26. The molecule has 0 amide bonds. The van der Waals surface area contributed by atoms with E-state index in [-0.39, 0.29) is 31.9 Å². The zero-order chi connectivity index (χ0) is 41.2. The molecule has 10 rings (SSSR count). The molecule has 10 aromatic rings. The Morgan fingerprint density at radius 3 is 1.97 bits per heavy atom. The van der Waals surface area contributed by atoms with Crippen molar-refractivity contribution < 1.29 is 24.5 Å². The molecule has 6 heteroatoms. The Morgan fingerprint density at radius 2 is 1.30 bits per heavy atom. The molecule has 0 bridgehead atoms. The molecule has 7 aromatic carbocycles. The van der Waals surface area contributed by atoms with Gasteiger partial charge >= 0.3 is 0 Å². The fraction of sp³-hybridized carbons (Fsp3) is 0.109. The first-order valence-corrected chi connectivity index (χ1v) is 20.3. The third-order valence-corrected chi connectivity index (χ3v) is 11.0. The van der Waals surface area contributed by atoms with Gasteiger partial charge in [0.25, 0.3) is 0 Å². The standard InChI is InChI=1S/C44H34N3O.C11H8N.Ir/c1-27(2)36-24-33(32-20-18-31(19-21-32)30-11-6-5-7-12-30)25-37(28(3)4)42(36)47-40-16-9-8-15-39(40)46-44(47)35-14-10-13-34-38-23-29(26-45)17-22-41(38)48-43(34)35;1-2-6-10(7-3-1)11-8-4-5-9-12-11;/h5-13,15-25,27-28H,1-4H3;1-6,8-9H;/q2*-1;. The third kappa shape index (κ3) is 8.07. The van der Waals surface area contributed by atoms with Gasteiger partial charge in [-0.3, -0.25) is 4.98 Å². The molecular weight excluding hydrogens is 925 g/mol. The van der Waals surface area contributed by atoms with Crippen molar-refractivity contribution in [3.8, 4) is 56.7 Å². The number of fused-ring (bicyclic) bond motifs is 4. The first kappa shape index (κ1) is 40.9. The van der Waals surface area contributed by atoms with Crippen LogP contribution in [-0.2, 0) is 20.1 Å². The Balaban J connectivity index is 0.000000340. The number of aromatic nitrogens is 3. The third-order valence-electron chi connectivity index (χ3n) is 11.0. The smallest absolute Gasteiger partial charge is 0.121 e. The predicted octanol–water partition coefficient (Wildman–Crippen LogP) is 14.4. The van der Waals surface area contributed by atoms with Gasteiger partial charge in [-0.25, -0.2) is 0 Å². The summed E-state index contributed by atoms with van der Waals surface area (Å²) in [7, 11) is 0. The van der Waals surface area contributed by atoms with E-state index in [2.05, 4.69) is 140 Å². The van der Waals surface area contributed by atoms with E-state index >= 15 is 0 Å². The van der Waals surface area contributed by atoms with Crippen LogP contribution in [0.3, 0.4) is 0 Å². The van der Waals surface area contributed by atoms with E-state index in [0.29, 0.717) is 11.1 Å². The molecule has 0 fully saturated rings. The van der Waals surface area contributed by atoms with E-state index < -0.39 is 0 Å². The summed E-state index contributed by atoms with van der Waals surface area (Å²) in [5, 5.41) is 11.4. The monoisotopic (exact) mass is 967 g/mol. The van der Waals surface area contributed by atoms with Crippen molar-refractivity contribution in [2.75, 3.05) is 0 Å². The molecule has 0 aliphatic rings. The van der Waals surface area contributed by atoms with Gasteiger partial charge in [-0.2, -0.15) is 5.26 Å². The van der Waals surface area contributed by atoms with E-state index in [1.165, 1.54) is 33.4 Å². The first-order chi connectivity index (χ1) is 29.4. The number of benzene rings is 7. The van der Waals surface area contributed by atoms with Gasteiger partial charge in [0.05, 0.1) is 34.1 Å². The topological polar surface area (TPSA) is 67.6 Å². The van der Waals surface area contributed by atoms with Gasteiger partial charge in [0.15, 0.2) is 0 Å². The number of nitrogens with zero attached hydrogens (tertiary/aromatic N) is 4. The fourth-order valence-electron chi connectivity index (χ4n) is 7.94. The van der Waals surface area contributed by atoms with Gasteiger partial charge in [-0.1, -0.05) is 118 Å². The number of para-hydroxylation sites is 2. The van der Waals surface area contributed by atoms with Gasteiger partial charge < -0.3 is 14.0 Å². The van der Waals surface area contributed by atoms with Crippen LogP contribution in [-0.4, -0.2) is 14.5 Å². The minimum absolute atomic E-state index is 0. The van der Waals surface area contributed by atoms with Crippen LogP contribution in [0.4, 0.5) is 0 Å². The van der Waals surface area contributed by atoms with Gasteiger partial charge in [-0.05, 0) is 99.4 Å². The molecule has 1 radical (unpaired) electrons. The SMILES string of the molecule is CC(C)c1cc(-c2ccc(-c3ccccc3)cc2)cc(C(C)C)c1-n1c(-c2[c-]ccc3c2oc2ccc(C#N)cc23)nc2ccccc21.[Ir].[c-]1ccccc1-c1ccccn1. The molecule has 0 saturated heterocycles. The molecule has 0 spiro atoms. The molecule has 0 aliphatic carbocycles. The van der Waals surface area contributed by atoms with E-state index in [4.69, 9.17) is 9.40 Å². The molecule has 299 valence electrons. The second-order valence-electron chi connectivity index (χ2n) is 15.5. The van der Waals surface area contributed by atoms with Crippen molar-refractivity contribution in [3.63, 3.8) is 0 Å². The van der Waals surface area contributed by atoms with E-state index in [1.54, 1.807) is 12.3 Å². The average molecular weight is 967 g/mol. The largest absolute Gasteiger partial charge is 0.501 e. The number of imidazole rings is 1. The summed E-state index contributed by atoms with van der Waals surface area (Å²) in [5.41, 5.74) is 15.3. The molecule has 3 heterocycles. The van der Waals surface area contributed by atoms with Crippen LogP contribution in [0.1, 0.15) is 56.2 Å². The van der Waals surface area contributed by atoms with E-state index in [0.717, 1.165) is 55.7 Å². The molecule has 0 atom stereocenters. The van der Waals surface area contributed by atoms with Crippen LogP contribution in [0.5, 0.6) is 0 Å². The molecule has 61 heavy (non-hydrogen) atoms. The summed E-state index contributed by atoms with van der Waals surface area (Å²) < 4.78 is 8.83. The van der Waals surface area contributed by atoms with Crippen molar-refractivity contribution in [2.24, 2.45) is 0 Å². The van der Waals surface area contributed by atoms with Crippen LogP contribution in [0.25, 0.3) is 83.6 Å². The maximum atomic E-state index is 9.58. The van der Waals surface area contributed by atoms with Crippen LogP contribution in [0, 0.1) is 23.5 Å². The van der Waals surface area contributed by atoms with Crippen molar-refractivity contribution in [3.05, 3.63) is 199 Å². The number of pyridine rings is 1. The molecule has 0 unspecified atom stereocenters. The van der Waals surface area contributed by atoms with Crippen LogP contribution in [0.2, 0.25) is 0 Å². The van der Waals surface area contributed by atoms with E-state index in [1.807, 2.05) is 72.8 Å². The molecule has 3 aromatic heterocycles. The van der Waals surface area contributed by atoms with Crippen molar-refractivity contribution in [1.82, 2.24) is 14.5 Å². The minimum atomic E-state index is 0. The van der Waals surface area contributed by atoms with Crippen molar-refractivity contribution in [2.45, 2.75) is 39.5 Å². The molecule has 5 nitrogen and oxygen atoms in total. The predicted molar refractivity (Wildman–Crippen MR) is 245 cm³/mol. The molecule has 0 N–H and O–H groups in total. The normalized spacial score (nSPS) is 11.1. The van der Waals surface area contributed by atoms with Gasteiger partial charge in [0, 0.05) is 37.4 Å². The molecular formula is C55H42IrN4O-2. The Bertz CT molecular complexity index is 3080. The van der Waals surface area contributed by atoms with Crippen LogP contribution >= 0.6 is 0 Å². The van der Waals surface area contributed by atoms with Gasteiger partial charge in [-0.15, -0.1) is 54.1 Å². The summed E-state index contributed by atoms with van der Waals surface area (Å²) in [4.78, 5) is 9.47. The Kier molecular flexibility index (Phi) is 11.9.